The molecule has 0 aliphatic heterocycles. The van der Waals surface area contributed by atoms with Crippen molar-refractivity contribution in [3.63, 3.8) is 0 Å². The van der Waals surface area contributed by atoms with Crippen LogP contribution >= 0.6 is 0 Å². The molecule has 0 radical (unpaired) electrons. The summed E-state index contributed by atoms with van der Waals surface area (Å²) in [5, 5.41) is 32.1. The maximum Gasteiger partial charge on any atom is 0.313 e. The van der Waals surface area contributed by atoms with Crippen LogP contribution in [0.3, 0.4) is 0 Å². The maximum atomic E-state index is 13.9. The highest BCUT2D eigenvalue weighted by atomic mass is 19.1. The lowest BCUT2D eigenvalue weighted by molar-refractivity contribution is -0.385. The van der Waals surface area contributed by atoms with E-state index in [2.05, 4.69) is 5.32 Å². The Labute approximate surface area is 115 Å². The fraction of sp³-hybridized carbons (Fsp3) is 0.500. The van der Waals surface area contributed by atoms with Crippen molar-refractivity contribution in [2.75, 3.05) is 25.6 Å². The van der Waals surface area contributed by atoms with Crippen LogP contribution in [-0.2, 0) is 0 Å². The van der Waals surface area contributed by atoms with Gasteiger partial charge in [-0.3, -0.25) is 10.1 Å². The first kappa shape index (κ1) is 16.1. The number of benzene rings is 1. The van der Waals surface area contributed by atoms with Gasteiger partial charge in [-0.2, -0.15) is 0 Å². The summed E-state index contributed by atoms with van der Waals surface area (Å²) in [6.45, 7) is 0.872. The standard InChI is InChI=1S/C12H17FN2O5/c1-3-12(6-16,7-17)14-9-5-11(20-2)10(15(18)19)4-8(9)13/h4-5,14,16-17H,3,6-7H2,1-2H3. The molecule has 1 aromatic rings. The number of nitro benzene ring substituents is 1. The zero-order valence-electron chi connectivity index (χ0n) is 11.2. The second kappa shape index (κ2) is 6.49. The van der Waals surface area contributed by atoms with E-state index < -0.39 is 35.2 Å². The van der Waals surface area contributed by atoms with Gasteiger partial charge >= 0.3 is 5.69 Å². The Bertz CT molecular complexity index is 483. The molecule has 1 aromatic carbocycles. The zero-order valence-corrected chi connectivity index (χ0v) is 11.2. The van der Waals surface area contributed by atoms with Crippen LogP contribution < -0.4 is 10.1 Å². The summed E-state index contributed by atoms with van der Waals surface area (Å²) in [6.07, 6.45) is 0.332. The van der Waals surface area contributed by atoms with Crippen LogP contribution in [0.15, 0.2) is 12.1 Å². The number of hydrogen-bond acceptors (Lipinski definition) is 6. The van der Waals surface area contributed by atoms with Gasteiger partial charge in [0.15, 0.2) is 11.6 Å². The van der Waals surface area contributed by atoms with Gasteiger partial charge in [0, 0.05) is 6.07 Å². The normalized spacial score (nSPS) is 11.2. The minimum Gasteiger partial charge on any atom is -0.490 e. The van der Waals surface area contributed by atoms with Crippen molar-refractivity contribution in [3.05, 3.63) is 28.1 Å². The van der Waals surface area contributed by atoms with Crippen molar-refractivity contribution < 1.29 is 24.3 Å². The first-order valence-electron chi connectivity index (χ1n) is 5.95. The van der Waals surface area contributed by atoms with Crippen LogP contribution in [0.5, 0.6) is 5.75 Å². The quantitative estimate of drug-likeness (QED) is 0.516. The van der Waals surface area contributed by atoms with E-state index in [1.165, 1.54) is 7.11 Å². The number of methoxy groups -OCH3 is 1. The van der Waals surface area contributed by atoms with E-state index in [0.717, 1.165) is 12.1 Å². The highest BCUT2D eigenvalue weighted by Crippen LogP contribution is 2.33. The molecule has 0 amide bonds. The molecule has 1 rings (SSSR count). The third-order valence-corrected chi connectivity index (χ3v) is 3.15. The topological polar surface area (TPSA) is 105 Å². The molecule has 0 atom stereocenters. The van der Waals surface area contributed by atoms with Crippen molar-refractivity contribution in [1.82, 2.24) is 0 Å². The van der Waals surface area contributed by atoms with Gasteiger partial charge in [-0.05, 0) is 6.42 Å². The van der Waals surface area contributed by atoms with E-state index in [1.54, 1.807) is 6.92 Å². The van der Waals surface area contributed by atoms with Crippen LogP contribution in [-0.4, -0.2) is 41.0 Å². The van der Waals surface area contributed by atoms with Crippen LogP contribution in [0.1, 0.15) is 13.3 Å². The predicted molar refractivity (Wildman–Crippen MR) is 70.4 cm³/mol. The number of aliphatic hydroxyl groups excluding tert-OH is 2. The summed E-state index contributed by atoms with van der Waals surface area (Å²) in [5.41, 5.74) is -1.69. The molecule has 0 saturated carbocycles. The van der Waals surface area contributed by atoms with Gasteiger partial charge in [-0.25, -0.2) is 4.39 Å². The third kappa shape index (κ3) is 3.14. The van der Waals surface area contributed by atoms with Crippen LogP contribution in [0.25, 0.3) is 0 Å². The Morgan fingerprint density at radius 1 is 1.45 bits per heavy atom. The number of nitro groups is 1. The molecule has 0 bridgehead atoms. The van der Waals surface area contributed by atoms with Gasteiger partial charge in [0.2, 0.25) is 0 Å². The Morgan fingerprint density at radius 3 is 2.45 bits per heavy atom. The van der Waals surface area contributed by atoms with Gasteiger partial charge < -0.3 is 20.3 Å². The maximum absolute atomic E-state index is 13.9. The van der Waals surface area contributed by atoms with Crippen molar-refractivity contribution in [3.8, 4) is 5.75 Å². The molecule has 7 nitrogen and oxygen atoms in total. The van der Waals surface area contributed by atoms with E-state index in [1.807, 2.05) is 0 Å². The van der Waals surface area contributed by atoms with Gasteiger partial charge in [-0.1, -0.05) is 6.92 Å². The molecule has 0 unspecified atom stereocenters. The Balaban J connectivity index is 3.23. The fourth-order valence-corrected chi connectivity index (χ4v) is 1.67. The number of nitrogens with one attached hydrogen (secondary N) is 1. The molecule has 0 aliphatic carbocycles. The number of hydrogen-bond donors (Lipinski definition) is 3. The minimum atomic E-state index is -1.11. The largest absolute Gasteiger partial charge is 0.490 e. The molecule has 112 valence electrons. The molecule has 0 aliphatic rings. The van der Waals surface area contributed by atoms with E-state index in [9.17, 15) is 24.7 Å². The second-order valence-corrected chi connectivity index (χ2v) is 4.34. The molecule has 0 heterocycles. The van der Waals surface area contributed by atoms with Crippen molar-refractivity contribution >= 4 is 11.4 Å². The minimum absolute atomic E-state index is 0.0857. The number of halogens is 1. The van der Waals surface area contributed by atoms with Gasteiger partial charge in [0.05, 0.1) is 42.5 Å². The summed E-state index contributed by atoms with van der Waals surface area (Å²) < 4.78 is 18.7. The summed E-state index contributed by atoms with van der Waals surface area (Å²) in [6, 6.07) is 1.86. The number of nitrogens with zero attached hydrogens (tertiary/aromatic N) is 1. The molecular formula is C12H17FN2O5. The lowest BCUT2D eigenvalue weighted by Crippen LogP contribution is -2.45. The molecule has 20 heavy (non-hydrogen) atoms. The molecular weight excluding hydrogens is 271 g/mol. The number of aliphatic hydroxyl groups is 2. The summed E-state index contributed by atoms with van der Waals surface area (Å²) in [5.74, 6) is -0.975. The van der Waals surface area contributed by atoms with E-state index >= 15 is 0 Å². The Morgan fingerprint density at radius 2 is 2.05 bits per heavy atom. The Hall–Kier alpha value is -1.93. The van der Waals surface area contributed by atoms with E-state index in [-0.39, 0.29) is 11.4 Å². The average Bonchev–Trinajstić information content (AvgIpc) is 2.46. The van der Waals surface area contributed by atoms with E-state index in [0.29, 0.717) is 6.42 Å². The molecule has 0 aromatic heterocycles. The van der Waals surface area contributed by atoms with Crippen LogP contribution in [0.2, 0.25) is 0 Å². The SMILES string of the molecule is CCC(CO)(CO)Nc1cc(OC)c([N+](=O)[O-])cc1F. The van der Waals surface area contributed by atoms with Gasteiger partial charge in [-0.15, -0.1) is 0 Å². The van der Waals surface area contributed by atoms with Gasteiger partial charge in [0.25, 0.3) is 0 Å². The highest BCUT2D eigenvalue weighted by Gasteiger charge is 2.29. The predicted octanol–water partition coefficient (Wildman–Crippen LogP) is 1.29. The first-order valence-corrected chi connectivity index (χ1v) is 5.95. The molecule has 0 saturated heterocycles. The zero-order chi connectivity index (χ0) is 15.3. The Kier molecular flexibility index (Phi) is 5.23. The van der Waals surface area contributed by atoms with Crippen molar-refractivity contribution in [2.45, 2.75) is 18.9 Å². The van der Waals surface area contributed by atoms with Crippen LogP contribution in [0.4, 0.5) is 15.8 Å². The number of ether oxygens (including phenoxy) is 1. The lowest BCUT2D eigenvalue weighted by atomic mass is 9.98. The highest BCUT2D eigenvalue weighted by molar-refractivity contribution is 5.60. The number of rotatable bonds is 7. The molecule has 0 fully saturated rings. The fourth-order valence-electron chi connectivity index (χ4n) is 1.67. The smallest absolute Gasteiger partial charge is 0.313 e. The molecule has 8 heteroatoms. The molecule has 0 spiro atoms. The van der Waals surface area contributed by atoms with Crippen LogP contribution in [0, 0.1) is 15.9 Å². The summed E-state index contributed by atoms with van der Waals surface area (Å²) >= 11 is 0. The third-order valence-electron chi connectivity index (χ3n) is 3.15. The van der Waals surface area contributed by atoms with Gasteiger partial charge in [0.1, 0.15) is 0 Å². The summed E-state index contributed by atoms with van der Waals surface area (Å²) in [7, 11) is 1.23. The lowest BCUT2D eigenvalue weighted by Gasteiger charge is -2.31. The number of anilines is 1. The van der Waals surface area contributed by atoms with Crippen molar-refractivity contribution in [2.24, 2.45) is 0 Å². The average molecular weight is 288 g/mol. The summed E-state index contributed by atoms with van der Waals surface area (Å²) in [4.78, 5) is 10.0. The van der Waals surface area contributed by atoms with Crippen molar-refractivity contribution in [1.29, 1.82) is 0 Å². The molecule has 3 N–H and O–H groups in total. The van der Waals surface area contributed by atoms with E-state index in [4.69, 9.17) is 4.74 Å². The second-order valence-electron chi connectivity index (χ2n) is 4.34. The first-order chi connectivity index (χ1) is 9.42. The monoisotopic (exact) mass is 288 g/mol.